The maximum absolute atomic E-state index is 13.6. The van der Waals surface area contributed by atoms with Crippen LogP contribution in [0.15, 0.2) is 34.2 Å². The van der Waals surface area contributed by atoms with Crippen LogP contribution in [-0.4, -0.2) is 60.6 Å². The summed E-state index contributed by atoms with van der Waals surface area (Å²) in [6, 6.07) is 7.55. The molecule has 0 radical (unpaired) electrons. The number of aromatic nitrogens is 2. The first-order valence-corrected chi connectivity index (χ1v) is 13.6. The number of carbonyl (C=O) groups excluding carboxylic acids is 2. The molecule has 1 fully saturated rings. The van der Waals surface area contributed by atoms with E-state index < -0.39 is 5.97 Å². The van der Waals surface area contributed by atoms with E-state index in [1.165, 1.54) is 11.8 Å². The van der Waals surface area contributed by atoms with Crippen molar-refractivity contribution in [1.82, 2.24) is 9.55 Å². The van der Waals surface area contributed by atoms with Gasteiger partial charge in [0.1, 0.15) is 9.71 Å². The van der Waals surface area contributed by atoms with E-state index in [-0.39, 0.29) is 29.9 Å². The molecule has 1 N–H and O–H groups in total. The van der Waals surface area contributed by atoms with Gasteiger partial charge in [0.2, 0.25) is 5.91 Å². The number of hydrogen-bond donors (Lipinski definition) is 1. The average molecular weight is 531 g/mol. The van der Waals surface area contributed by atoms with Crippen molar-refractivity contribution in [2.75, 3.05) is 43.3 Å². The molecule has 1 amide bonds. The summed E-state index contributed by atoms with van der Waals surface area (Å²) in [6.45, 7) is 4.74. The molecular formula is C25H30N4O5S2. The van der Waals surface area contributed by atoms with E-state index in [1.54, 1.807) is 18.4 Å². The van der Waals surface area contributed by atoms with E-state index in [0.717, 1.165) is 29.9 Å². The van der Waals surface area contributed by atoms with Gasteiger partial charge in [-0.25, -0.2) is 9.78 Å². The van der Waals surface area contributed by atoms with Crippen LogP contribution in [0.2, 0.25) is 0 Å². The van der Waals surface area contributed by atoms with Crippen LogP contribution in [-0.2, 0) is 20.8 Å². The second kappa shape index (κ2) is 11.4. The standard InChI is InChI=1S/C25H30N4O5S2/c1-5-33-24(32)21-15(2)20-22(36-21)27-25(29(23(20)31)13-18-7-6-12-34-18)35-14-19(30)26-16-8-10-17(11-9-16)28(3)4/h8-11,18H,5-7,12-14H2,1-4H3,(H,26,30)/t18-/m1/s1. The number of fused-ring (bicyclic) bond motifs is 1. The third-order valence-corrected chi connectivity index (χ3v) is 8.03. The minimum absolute atomic E-state index is 0.0774. The summed E-state index contributed by atoms with van der Waals surface area (Å²) < 4.78 is 12.5. The highest BCUT2D eigenvalue weighted by molar-refractivity contribution is 7.99. The summed E-state index contributed by atoms with van der Waals surface area (Å²) in [7, 11) is 3.91. The van der Waals surface area contributed by atoms with E-state index in [4.69, 9.17) is 14.5 Å². The van der Waals surface area contributed by atoms with Gasteiger partial charge in [0.05, 0.1) is 30.4 Å². The number of nitrogens with one attached hydrogen (secondary N) is 1. The van der Waals surface area contributed by atoms with Gasteiger partial charge in [-0.15, -0.1) is 11.3 Å². The van der Waals surface area contributed by atoms with Crippen molar-refractivity contribution in [3.63, 3.8) is 0 Å². The summed E-state index contributed by atoms with van der Waals surface area (Å²) >= 11 is 2.34. The zero-order valence-corrected chi connectivity index (χ0v) is 22.5. The quantitative estimate of drug-likeness (QED) is 0.252. The molecule has 1 aromatic carbocycles. The number of benzene rings is 1. The molecule has 1 atom stereocenters. The van der Waals surface area contributed by atoms with Crippen molar-refractivity contribution in [1.29, 1.82) is 0 Å². The van der Waals surface area contributed by atoms with E-state index >= 15 is 0 Å². The minimum atomic E-state index is -0.461. The first kappa shape index (κ1) is 26.2. The summed E-state index contributed by atoms with van der Waals surface area (Å²) in [5, 5.41) is 3.73. The number of esters is 1. The second-order valence-corrected chi connectivity index (χ2v) is 10.6. The van der Waals surface area contributed by atoms with Gasteiger partial charge in [-0.3, -0.25) is 14.2 Å². The summed E-state index contributed by atoms with van der Waals surface area (Å²) in [6.07, 6.45) is 1.71. The first-order chi connectivity index (χ1) is 17.3. The molecule has 4 rings (SSSR count). The molecule has 0 spiro atoms. The molecule has 11 heteroatoms. The van der Waals surface area contributed by atoms with Crippen LogP contribution in [0.4, 0.5) is 11.4 Å². The third-order valence-electron chi connectivity index (χ3n) is 5.89. The number of rotatable bonds is 9. The van der Waals surface area contributed by atoms with Crippen LogP contribution < -0.4 is 15.8 Å². The lowest BCUT2D eigenvalue weighted by Crippen LogP contribution is -2.29. The molecule has 3 aromatic rings. The summed E-state index contributed by atoms with van der Waals surface area (Å²) in [5.74, 6) is -0.587. The third kappa shape index (κ3) is 5.74. The monoisotopic (exact) mass is 530 g/mol. The van der Waals surface area contributed by atoms with Gasteiger partial charge in [0.15, 0.2) is 5.16 Å². The maximum Gasteiger partial charge on any atom is 0.348 e. The van der Waals surface area contributed by atoms with Crippen LogP contribution in [0.1, 0.15) is 35.0 Å². The highest BCUT2D eigenvalue weighted by Gasteiger charge is 2.25. The molecule has 1 aliphatic heterocycles. The average Bonchev–Trinajstić information content (AvgIpc) is 3.48. The number of amides is 1. The normalized spacial score (nSPS) is 15.3. The smallest absolute Gasteiger partial charge is 0.348 e. The van der Waals surface area contributed by atoms with Crippen LogP contribution in [0.3, 0.4) is 0 Å². The number of thioether (sulfide) groups is 1. The fourth-order valence-electron chi connectivity index (χ4n) is 4.02. The fraction of sp³-hybridized carbons (Fsp3) is 0.440. The largest absolute Gasteiger partial charge is 0.462 e. The fourth-order valence-corrected chi connectivity index (χ4v) is 5.95. The molecule has 0 aliphatic carbocycles. The summed E-state index contributed by atoms with van der Waals surface area (Å²) in [5.41, 5.74) is 2.07. The molecule has 0 saturated carbocycles. The Hall–Kier alpha value is -2.89. The van der Waals surface area contributed by atoms with Gasteiger partial charge >= 0.3 is 5.97 Å². The molecule has 9 nitrogen and oxygen atoms in total. The van der Waals surface area contributed by atoms with Crippen molar-refractivity contribution < 1.29 is 19.1 Å². The van der Waals surface area contributed by atoms with Crippen molar-refractivity contribution >= 4 is 56.6 Å². The number of ether oxygens (including phenoxy) is 2. The Labute approximate surface area is 217 Å². The van der Waals surface area contributed by atoms with Crippen LogP contribution >= 0.6 is 23.1 Å². The number of hydrogen-bond acceptors (Lipinski definition) is 9. The molecule has 0 bridgehead atoms. The van der Waals surface area contributed by atoms with E-state index in [9.17, 15) is 14.4 Å². The molecule has 1 saturated heterocycles. The van der Waals surface area contributed by atoms with Crippen molar-refractivity contribution in [2.24, 2.45) is 0 Å². The van der Waals surface area contributed by atoms with Gasteiger partial charge in [-0.1, -0.05) is 11.8 Å². The predicted molar refractivity (Wildman–Crippen MR) is 144 cm³/mol. The van der Waals surface area contributed by atoms with Gasteiger partial charge in [-0.2, -0.15) is 0 Å². The lowest BCUT2D eigenvalue weighted by atomic mass is 10.2. The Bertz CT molecular complexity index is 1310. The Morgan fingerprint density at radius 2 is 2.06 bits per heavy atom. The Balaban J connectivity index is 1.60. The molecule has 3 heterocycles. The molecule has 0 unspecified atom stereocenters. The van der Waals surface area contributed by atoms with Crippen molar-refractivity contribution in [2.45, 2.75) is 44.5 Å². The Morgan fingerprint density at radius 3 is 2.69 bits per heavy atom. The highest BCUT2D eigenvalue weighted by atomic mass is 32.2. The molecule has 36 heavy (non-hydrogen) atoms. The zero-order valence-electron chi connectivity index (χ0n) is 20.8. The highest BCUT2D eigenvalue weighted by Crippen LogP contribution is 2.30. The SMILES string of the molecule is CCOC(=O)c1sc2nc(SCC(=O)Nc3ccc(N(C)C)cc3)n(C[C@H]3CCCO3)c(=O)c2c1C. The van der Waals surface area contributed by atoms with Gasteiger partial charge in [0.25, 0.3) is 5.56 Å². The topological polar surface area (TPSA) is 103 Å². The number of anilines is 2. The van der Waals surface area contributed by atoms with Crippen molar-refractivity contribution in [3.8, 4) is 0 Å². The first-order valence-electron chi connectivity index (χ1n) is 11.8. The predicted octanol–water partition coefficient (Wildman–Crippen LogP) is 3.92. The maximum atomic E-state index is 13.6. The molecule has 192 valence electrons. The molecule has 1 aliphatic rings. The van der Waals surface area contributed by atoms with Gasteiger partial charge < -0.3 is 19.7 Å². The lowest BCUT2D eigenvalue weighted by Gasteiger charge is -2.16. The van der Waals surface area contributed by atoms with Gasteiger partial charge in [-0.05, 0) is 56.5 Å². The minimum Gasteiger partial charge on any atom is -0.462 e. The van der Waals surface area contributed by atoms with E-state index in [0.29, 0.717) is 44.7 Å². The van der Waals surface area contributed by atoms with Crippen LogP contribution in [0, 0.1) is 6.92 Å². The summed E-state index contributed by atoms with van der Waals surface area (Å²) in [4.78, 5) is 46.2. The van der Waals surface area contributed by atoms with E-state index in [2.05, 4.69) is 5.32 Å². The second-order valence-electron chi connectivity index (χ2n) is 8.68. The van der Waals surface area contributed by atoms with E-state index in [1.807, 2.05) is 43.3 Å². The molecular weight excluding hydrogens is 500 g/mol. The number of aryl methyl sites for hydroxylation is 1. The molecule has 2 aromatic heterocycles. The Kier molecular flexibility index (Phi) is 8.32. The zero-order chi connectivity index (χ0) is 25.8. The van der Waals surface area contributed by atoms with Crippen LogP contribution in [0.5, 0.6) is 0 Å². The van der Waals surface area contributed by atoms with Crippen molar-refractivity contribution in [3.05, 3.63) is 45.1 Å². The lowest BCUT2D eigenvalue weighted by molar-refractivity contribution is -0.113. The number of carbonyl (C=O) groups is 2. The number of nitrogens with zero attached hydrogens (tertiary/aromatic N) is 3. The Morgan fingerprint density at radius 1 is 1.31 bits per heavy atom. The van der Waals surface area contributed by atoms with Crippen LogP contribution in [0.25, 0.3) is 10.2 Å². The number of thiophene rings is 1. The van der Waals surface area contributed by atoms with Gasteiger partial charge in [0, 0.05) is 32.1 Å².